The number of nitrogens with zero attached hydrogens (tertiary/aromatic N) is 3. The molecule has 1 N–H and O–H groups in total. The predicted octanol–water partition coefficient (Wildman–Crippen LogP) is 2.33. The van der Waals surface area contributed by atoms with Gasteiger partial charge < -0.3 is 14.7 Å². The molecule has 2 heterocycles. The molecule has 1 saturated heterocycles. The van der Waals surface area contributed by atoms with Gasteiger partial charge in [-0.3, -0.25) is 4.79 Å². The first-order valence-corrected chi connectivity index (χ1v) is 8.61. The molecule has 0 saturated carbocycles. The van der Waals surface area contributed by atoms with E-state index in [1.54, 1.807) is 19.1 Å². The Morgan fingerprint density at radius 3 is 3.08 bits per heavy atom. The molecule has 1 amide bonds. The van der Waals surface area contributed by atoms with Gasteiger partial charge in [-0.25, -0.2) is 4.39 Å². The minimum Gasteiger partial charge on any atom is -0.341 e. The average molecular weight is 346 g/mol. The maximum Gasteiger partial charge on any atom is 0.227 e. The van der Waals surface area contributed by atoms with Crippen LogP contribution in [0.3, 0.4) is 0 Å². The summed E-state index contributed by atoms with van der Waals surface area (Å²) in [6, 6.07) is 5.06. The number of rotatable bonds is 5. The van der Waals surface area contributed by atoms with Crippen LogP contribution in [0.4, 0.5) is 4.39 Å². The van der Waals surface area contributed by atoms with Gasteiger partial charge in [0.15, 0.2) is 0 Å². The second-order valence-corrected chi connectivity index (χ2v) is 6.44. The maximum absolute atomic E-state index is 13.3. The number of hydrogen-bond acceptors (Lipinski definition) is 5. The first kappa shape index (κ1) is 17.5. The lowest BCUT2D eigenvalue weighted by molar-refractivity contribution is -0.132. The zero-order chi connectivity index (χ0) is 17.8. The second kappa shape index (κ2) is 7.74. The summed E-state index contributed by atoms with van der Waals surface area (Å²) >= 11 is 0. The lowest BCUT2D eigenvalue weighted by Gasteiger charge is -2.32. The highest BCUT2D eigenvalue weighted by molar-refractivity contribution is 5.76. The zero-order valence-corrected chi connectivity index (χ0v) is 14.6. The SMILES string of the molecule is CNC1CCCN(C(=O)CCc2nc(-c3ccc(F)c(C)c3)no2)C1. The van der Waals surface area contributed by atoms with E-state index in [4.69, 9.17) is 4.52 Å². The van der Waals surface area contributed by atoms with Gasteiger partial charge in [0.2, 0.25) is 17.6 Å². The zero-order valence-electron chi connectivity index (χ0n) is 14.6. The highest BCUT2D eigenvalue weighted by Crippen LogP contribution is 2.19. The van der Waals surface area contributed by atoms with Gasteiger partial charge in [0.25, 0.3) is 0 Å². The molecule has 1 aromatic carbocycles. The van der Waals surface area contributed by atoms with Crippen LogP contribution in [0, 0.1) is 12.7 Å². The van der Waals surface area contributed by atoms with Crippen LogP contribution in [-0.4, -0.2) is 47.1 Å². The van der Waals surface area contributed by atoms with E-state index in [1.165, 1.54) is 6.07 Å². The Labute approximate surface area is 146 Å². The van der Waals surface area contributed by atoms with Crippen molar-refractivity contribution < 1.29 is 13.7 Å². The lowest BCUT2D eigenvalue weighted by Crippen LogP contribution is -2.47. The van der Waals surface area contributed by atoms with Crippen molar-refractivity contribution >= 4 is 5.91 Å². The Hall–Kier alpha value is -2.28. The monoisotopic (exact) mass is 346 g/mol. The smallest absolute Gasteiger partial charge is 0.227 e. The van der Waals surface area contributed by atoms with E-state index in [0.717, 1.165) is 25.9 Å². The Kier molecular flexibility index (Phi) is 5.43. The number of carbonyl (C=O) groups excluding carboxylic acids is 1. The Balaban J connectivity index is 1.58. The van der Waals surface area contributed by atoms with Crippen molar-refractivity contribution in [1.29, 1.82) is 0 Å². The van der Waals surface area contributed by atoms with Gasteiger partial charge in [0.1, 0.15) is 5.82 Å². The molecule has 3 rings (SSSR count). The number of nitrogens with one attached hydrogen (secondary N) is 1. The molecule has 0 bridgehead atoms. The van der Waals surface area contributed by atoms with Crippen molar-refractivity contribution in [3.63, 3.8) is 0 Å². The van der Waals surface area contributed by atoms with Crippen molar-refractivity contribution in [2.24, 2.45) is 0 Å². The van der Waals surface area contributed by atoms with Crippen LogP contribution in [0.1, 0.15) is 30.7 Å². The summed E-state index contributed by atoms with van der Waals surface area (Å²) in [7, 11) is 1.93. The lowest BCUT2D eigenvalue weighted by atomic mass is 10.1. The number of carbonyl (C=O) groups is 1. The Morgan fingerprint density at radius 2 is 2.32 bits per heavy atom. The molecular weight excluding hydrogens is 323 g/mol. The number of halogens is 1. The Morgan fingerprint density at radius 1 is 1.48 bits per heavy atom. The summed E-state index contributed by atoms with van der Waals surface area (Å²) in [5, 5.41) is 7.16. The molecule has 6 nitrogen and oxygen atoms in total. The minimum absolute atomic E-state index is 0.109. The summed E-state index contributed by atoms with van der Waals surface area (Å²) in [6.45, 7) is 3.25. The quantitative estimate of drug-likeness (QED) is 0.900. The summed E-state index contributed by atoms with van der Waals surface area (Å²) in [5.41, 5.74) is 1.23. The summed E-state index contributed by atoms with van der Waals surface area (Å²) < 4.78 is 18.6. The van der Waals surface area contributed by atoms with E-state index in [9.17, 15) is 9.18 Å². The number of benzene rings is 1. The fraction of sp³-hybridized carbons (Fsp3) is 0.500. The molecular formula is C18H23FN4O2. The van der Waals surface area contributed by atoms with Gasteiger partial charge in [-0.2, -0.15) is 4.98 Å². The summed E-state index contributed by atoms with van der Waals surface area (Å²) in [4.78, 5) is 18.6. The second-order valence-electron chi connectivity index (χ2n) is 6.44. The van der Waals surface area contributed by atoms with E-state index in [-0.39, 0.29) is 11.7 Å². The third-order valence-electron chi connectivity index (χ3n) is 4.62. The fourth-order valence-corrected chi connectivity index (χ4v) is 3.07. The molecule has 1 fully saturated rings. The van der Waals surface area contributed by atoms with E-state index >= 15 is 0 Å². The third-order valence-corrected chi connectivity index (χ3v) is 4.62. The van der Waals surface area contributed by atoms with Crippen molar-refractivity contribution in [1.82, 2.24) is 20.4 Å². The standard InChI is InChI=1S/C18H23FN4O2/c1-12-10-13(5-6-15(12)19)18-21-16(25-22-18)7-8-17(24)23-9-3-4-14(11-23)20-2/h5-6,10,14,20H,3-4,7-9,11H2,1-2H3. The van der Waals surface area contributed by atoms with E-state index in [1.807, 2.05) is 11.9 Å². The van der Waals surface area contributed by atoms with Crippen molar-refractivity contribution in [3.8, 4) is 11.4 Å². The van der Waals surface area contributed by atoms with Gasteiger partial charge >= 0.3 is 0 Å². The van der Waals surface area contributed by atoms with Crippen LogP contribution < -0.4 is 5.32 Å². The number of aryl methyl sites for hydroxylation is 2. The molecule has 0 radical (unpaired) electrons. The molecule has 25 heavy (non-hydrogen) atoms. The van der Waals surface area contributed by atoms with Gasteiger partial charge in [0.05, 0.1) is 0 Å². The van der Waals surface area contributed by atoms with Gasteiger partial charge in [-0.15, -0.1) is 0 Å². The summed E-state index contributed by atoms with van der Waals surface area (Å²) in [6.07, 6.45) is 2.88. The van der Waals surface area contributed by atoms with Crippen molar-refractivity contribution in [2.75, 3.05) is 20.1 Å². The van der Waals surface area contributed by atoms with Crippen LogP contribution in [-0.2, 0) is 11.2 Å². The van der Waals surface area contributed by atoms with Crippen LogP contribution in [0.2, 0.25) is 0 Å². The predicted molar refractivity (Wildman–Crippen MR) is 91.4 cm³/mol. The fourth-order valence-electron chi connectivity index (χ4n) is 3.07. The van der Waals surface area contributed by atoms with Gasteiger partial charge in [-0.05, 0) is 50.6 Å². The van der Waals surface area contributed by atoms with Crippen LogP contribution >= 0.6 is 0 Å². The average Bonchev–Trinajstić information content (AvgIpc) is 3.11. The number of piperidine rings is 1. The third kappa shape index (κ3) is 4.22. The molecule has 134 valence electrons. The molecule has 2 aromatic rings. The maximum atomic E-state index is 13.3. The molecule has 0 aliphatic carbocycles. The number of likely N-dealkylation sites (N-methyl/N-ethyl adjacent to an activating group) is 1. The highest BCUT2D eigenvalue weighted by atomic mass is 19.1. The molecule has 1 aliphatic rings. The highest BCUT2D eigenvalue weighted by Gasteiger charge is 2.22. The van der Waals surface area contributed by atoms with Crippen LogP contribution in [0.5, 0.6) is 0 Å². The van der Waals surface area contributed by atoms with Crippen molar-refractivity contribution in [3.05, 3.63) is 35.5 Å². The number of likely N-dealkylation sites (tertiary alicyclic amines) is 1. The minimum atomic E-state index is -0.264. The topological polar surface area (TPSA) is 71.3 Å². The largest absolute Gasteiger partial charge is 0.341 e. The van der Waals surface area contributed by atoms with Crippen LogP contribution in [0.25, 0.3) is 11.4 Å². The molecule has 1 unspecified atom stereocenters. The number of hydrogen-bond donors (Lipinski definition) is 1. The van der Waals surface area contributed by atoms with Gasteiger partial charge in [0, 0.05) is 37.5 Å². The molecule has 1 atom stereocenters. The Bertz CT molecular complexity index is 746. The molecule has 1 aromatic heterocycles. The first-order chi connectivity index (χ1) is 12.1. The summed E-state index contributed by atoms with van der Waals surface area (Å²) in [5.74, 6) is 0.683. The van der Waals surface area contributed by atoms with Gasteiger partial charge in [-0.1, -0.05) is 5.16 Å². The van der Waals surface area contributed by atoms with Crippen LogP contribution in [0.15, 0.2) is 22.7 Å². The van der Waals surface area contributed by atoms with E-state index < -0.39 is 0 Å². The first-order valence-electron chi connectivity index (χ1n) is 8.61. The van der Waals surface area contributed by atoms with Crippen molar-refractivity contribution in [2.45, 2.75) is 38.6 Å². The van der Waals surface area contributed by atoms with E-state index in [0.29, 0.717) is 41.7 Å². The molecule has 7 heteroatoms. The normalized spacial score (nSPS) is 17.7. The molecule has 1 aliphatic heterocycles. The number of aromatic nitrogens is 2. The number of amides is 1. The van der Waals surface area contributed by atoms with E-state index in [2.05, 4.69) is 15.5 Å². The molecule has 0 spiro atoms.